The van der Waals surface area contributed by atoms with Gasteiger partial charge < -0.3 is 19.7 Å². The van der Waals surface area contributed by atoms with Crippen molar-refractivity contribution in [3.05, 3.63) is 53.6 Å². The van der Waals surface area contributed by atoms with Gasteiger partial charge in [-0.15, -0.1) is 11.8 Å². The number of phenolic OH excluding ortho intramolecular Hbond substituents is 2. The van der Waals surface area contributed by atoms with Crippen LogP contribution in [0, 0.1) is 0 Å². The predicted molar refractivity (Wildman–Crippen MR) is 155 cm³/mol. The Labute approximate surface area is 229 Å². The maximum Gasteiger partial charge on any atom is 0.116 e. The molecule has 0 radical (unpaired) electrons. The Hall–Kier alpha value is -1.54. The van der Waals surface area contributed by atoms with Crippen molar-refractivity contribution in [3.8, 4) is 11.5 Å². The number of phenols is 2. The zero-order valence-corrected chi connectivity index (χ0v) is 24.1. The zero-order valence-electron chi connectivity index (χ0n) is 22.5. The summed E-state index contributed by atoms with van der Waals surface area (Å²) in [4.78, 5) is 1.19. The Kier molecular flexibility index (Phi) is 12.8. The maximum absolute atomic E-state index is 12.1. The van der Waals surface area contributed by atoms with E-state index in [1.807, 2.05) is 23.9 Å². The van der Waals surface area contributed by atoms with E-state index in [0.717, 1.165) is 30.8 Å². The third-order valence-electron chi connectivity index (χ3n) is 7.45. The molecule has 2 N–H and O–H groups in total. The van der Waals surface area contributed by atoms with Crippen molar-refractivity contribution >= 4 is 22.6 Å². The summed E-state index contributed by atoms with van der Waals surface area (Å²) in [6.45, 7) is 4.05. The van der Waals surface area contributed by atoms with Crippen LogP contribution in [0.3, 0.4) is 0 Å². The summed E-state index contributed by atoms with van der Waals surface area (Å²) in [5.74, 6) is 3.36. The highest BCUT2D eigenvalue weighted by molar-refractivity contribution is 7.99. The molecule has 0 amide bonds. The summed E-state index contributed by atoms with van der Waals surface area (Å²) in [6.07, 6.45) is 9.34. The summed E-state index contributed by atoms with van der Waals surface area (Å²) >= 11 is 1.82. The average molecular weight is 549 g/mol. The first kappa shape index (κ1) is 30.0. The molecule has 1 aliphatic rings. The van der Waals surface area contributed by atoms with Gasteiger partial charge in [-0.05, 0) is 54.2 Å². The molecular formula is C30H44O5S2. The fraction of sp³-hybridized carbons (Fsp3) is 0.600. The summed E-state index contributed by atoms with van der Waals surface area (Å²) < 4.78 is 22.4. The smallest absolute Gasteiger partial charge is 0.116 e. The van der Waals surface area contributed by atoms with Crippen LogP contribution in [0.15, 0.2) is 47.4 Å². The number of fused-ring (bicyclic) bond motifs is 1. The minimum absolute atomic E-state index is 0.0210. The van der Waals surface area contributed by atoms with Crippen molar-refractivity contribution < 1.29 is 23.9 Å². The van der Waals surface area contributed by atoms with Crippen LogP contribution in [0.4, 0.5) is 0 Å². The van der Waals surface area contributed by atoms with E-state index < -0.39 is 10.8 Å². The molecule has 0 saturated carbocycles. The van der Waals surface area contributed by atoms with Crippen molar-refractivity contribution in [1.82, 2.24) is 0 Å². The molecule has 0 bridgehead atoms. The van der Waals surface area contributed by atoms with Gasteiger partial charge in [-0.3, -0.25) is 4.21 Å². The molecule has 0 spiro atoms. The van der Waals surface area contributed by atoms with Gasteiger partial charge in [0, 0.05) is 45.5 Å². The number of unbranched alkanes of at least 4 members (excludes halogenated alkanes) is 6. The fourth-order valence-corrected chi connectivity index (χ4v) is 7.64. The van der Waals surface area contributed by atoms with E-state index in [-0.39, 0.29) is 5.41 Å². The SMILES string of the molecule is COCCOCCS(=O)CCCCCCCCC[C@@H]1c2ccc(O)cc2SC[C@]1(C)c1ccc(O)cc1. The number of hydrogen-bond donors (Lipinski definition) is 2. The Morgan fingerprint density at radius 2 is 1.57 bits per heavy atom. The van der Waals surface area contributed by atoms with Crippen molar-refractivity contribution in [2.45, 2.75) is 74.5 Å². The summed E-state index contributed by atoms with van der Waals surface area (Å²) in [5, 5.41) is 19.8. The van der Waals surface area contributed by atoms with Crippen molar-refractivity contribution in [2.24, 2.45) is 0 Å². The van der Waals surface area contributed by atoms with E-state index in [1.54, 1.807) is 19.2 Å². The quantitative estimate of drug-likeness (QED) is 0.212. The number of methoxy groups -OCH3 is 1. The van der Waals surface area contributed by atoms with Gasteiger partial charge in [0.1, 0.15) is 11.5 Å². The van der Waals surface area contributed by atoms with Crippen LogP contribution in [-0.2, 0) is 25.7 Å². The monoisotopic (exact) mass is 548 g/mol. The molecule has 1 heterocycles. The molecule has 7 heteroatoms. The summed E-state index contributed by atoms with van der Waals surface area (Å²) in [5.41, 5.74) is 2.58. The molecule has 0 fully saturated rings. The van der Waals surface area contributed by atoms with Crippen LogP contribution >= 0.6 is 11.8 Å². The average Bonchev–Trinajstić information content (AvgIpc) is 2.89. The molecule has 0 aliphatic carbocycles. The first-order valence-electron chi connectivity index (χ1n) is 13.6. The standard InChI is InChI=1S/C30H44O5S2/c1-30(24-11-13-25(31)14-12-24)23-36-29-22-26(32)15-16-27(29)28(30)10-8-6-4-3-5-7-9-20-37(33)21-19-35-18-17-34-2/h11-16,22,28,31-32H,3-10,17-21,23H2,1-2H3/t28-,30-,37?/m1/s1. The first-order valence-corrected chi connectivity index (χ1v) is 16.1. The molecule has 37 heavy (non-hydrogen) atoms. The number of hydrogen-bond acceptors (Lipinski definition) is 6. The molecular weight excluding hydrogens is 504 g/mol. The van der Waals surface area contributed by atoms with Crippen LogP contribution in [0.5, 0.6) is 11.5 Å². The molecule has 3 atom stereocenters. The van der Waals surface area contributed by atoms with E-state index in [4.69, 9.17) is 9.47 Å². The van der Waals surface area contributed by atoms with Crippen LogP contribution < -0.4 is 0 Å². The molecule has 0 saturated heterocycles. The summed E-state index contributed by atoms with van der Waals surface area (Å²) in [6, 6.07) is 13.5. The Morgan fingerprint density at radius 1 is 0.892 bits per heavy atom. The molecule has 1 aliphatic heterocycles. The van der Waals surface area contributed by atoms with E-state index >= 15 is 0 Å². The van der Waals surface area contributed by atoms with E-state index in [1.165, 1.54) is 48.1 Å². The molecule has 5 nitrogen and oxygen atoms in total. The second-order valence-electron chi connectivity index (χ2n) is 10.2. The van der Waals surface area contributed by atoms with Crippen molar-refractivity contribution in [2.75, 3.05) is 44.2 Å². The topological polar surface area (TPSA) is 76.0 Å². The Morgan fingerprint density at radius 3 is 2.30 bits per heavy atom. The predicted octanol–water partition coefficient (Wildman–Crippen LogP) is 6.78. The largest absolute Gasteiger partial charge is 0.508 e. The highest BCUT2D eigenvalue weighted by Gasteiger charge is 2.41. The molecule has 2 aromatic rings. The van der Waals surface area contributed by atoms with E-state index in [2.05, 4.69) is 25.1 Å². The van der Waals surface area contributed by atoms with Crippen LogP contribution in [-0.4, -0.2) is 58.6 Å². The maximum atomic E-state index is 12.1. The second kappa shape index (κ2) is 15.8. The minimum Gasteiger partial charge on any atom is -0.508 e. The van der Waals surface area contributed by atoms with Gasteiger partial charge in [0.25, 0.3) is 0 Å². The lowest BCUT2D eigenvalue weighted by atomic mass is 9.68. The number of rotatable bonds is 17. The highest BCUT2D eigenvalue weighted by Crippen LogP contribution is 2.52. The fourth-order valence-electron chi connectivity index (χ4n) is 5.20. The lowest BCUT2D eigenvalue weighted by molar-refractivity contribution is 0.0787. The molecule has 0 aromatic heterocycles. The minimum atomic E-state index is -0.780. The third-order valence-corrected chi connectivity index (χ3v) is 10.2. The van der Waals surface area contributed by atoms with Crippen LogP contribution in [0.1, 0.15) is 75.3 Å². The van der Waals surface area contributed by atoms with Gasteiger partial charge in [0.05, 0.1) is 19.8 Å². The Balaban J connectivity index is 1.40. The van der Waals surface area contributed by atoms with Crippen LogP contribution in [0.2, 0.25) is 0 Å². The molecule has 206 valence electrons. The van der Waals surface area contributed by atoms with Gasteiger partial charge in [0.2, 0.25) is 0 Å². The number of thioether (sulfide) groups is 1. The number of benzene rings is 2. The van der Waals surface area contributed by atoms with Gasteiger partial charge in [-0.2, -0.15) is 0 Å². The normalized spacial score (nSPS) is 20.0. The van der Waals surface area contributed by atoms with Gasteiger partial charge in [-0.25, -0.2) is 0 Å². The molecule has 3 rings (SSSR count). The van der Waals surface area contributed by atoms with Crippen LogP contribution in [0.25, 0.3) is 0 Å². The van der Waals surface area contributed by atoms with E-state index in [9.17, 15) is 14.4 Å². The number of ether oxygens (including phenoxy) is 2. The lowest BCUT2D eigenvalue weighted by Crippen LogP contribution is -2.36. The number of aromatic hydroxyl groups is 2. The highest BCUT2D eigenvalue weighted by atomic mass is 32.2. The molecule has 1 unspecified atom stereocenters. The van der Waals surface area contributed by atoms with Gasteiger partial charge >= 0.3 is 0 Å². The van der Waals surface area contributed by atoms with Gasteiger partial charge in [0.15, 0.2) is 0 Å². The second-order valence-corrected chi connectivity index (χ2v) is 13.0. The lowest BCUT2D eigenvalue weighted by Gasteiger charge is -2.43. The first-order chi connectivity index (χ1) is 17.9. The van der Waals surface area contributed by atoms with Crippen molar-refractivity contribution in [1.29, 1.82) is 0 Å². The molecule has 2 aromatic carbocycles. The van der Waals surface area contributed by atoms with Crippen molar-refractivity contribution in [3.63, 3.8) is 0 Å². The Bertz CT molecular complexity index is 965. The van der Waals surface area contributed by atoms with E-state index in [0.29, 0.717) is 43.0 Å². The van der Waals surface area contributed by atoms with Gasteiger partial charge in [-0.1, -0.05) is 63.6 Å². The third kappa shape index (κ3) is 9.31. The summed E-state index contributed by atoms with van der Waals surface area (Å²) in [7, 11) is 0.871. The zero-order chi connectivity index (χ0) is 26.5.